The van der Waals surface area contributed by atoms with Crippen molar-refractivity contribution in [1.29, 1.82) is 0 Å². The first kappa shape index (κ1) is 19.6. The van der Waals surface area contributed by atoms with E-state index in [9.17, 15) is 13.2 Å². The van der Waals surface area contributed by atoms with Crippen LogP contribution < -0.4 is 10.6 Å². The minimum Gasteiger partial charge on any atom is -0.382 e. The summed E-state index contributed by atoms with van der Waals surface area (Å²) in [6.45, 7) is 4.75. The van der Waals surface area contributed by atoms with Crippen LogP contribution in [0.5, 0.6) is 0 Å². The van der Waals surface area contributed by atoms with Crippen LogP contribution >= 0.6 is 0 Å². The maximum absolute atomic E-state index is 12.6. The van der Waals surface area contributed by atoms with Crippen LogP contribution in [0, 0.1) is 5.41 Å². The molecule has 1 fully saturated rings. The monoisotopic (exact) mass is 357 g/mol. The van der Waals surface area contributed by atoms with Crippen molar-refractivity contribution in [2.24, 2.45) is 10.4 Å². The van der Waals surface area contributed by atoms with Crippen molar-refractivity contribution in [3.8, 4) is 0 Å². The van der Waals surface area contributed by atoms with E-state index in [-0.39, 0.29) is 0 Å². The molecule has 0 aliphatic heterocycles. The quantitative estimate of drug-likeness (QED) is 0.425. The lowest BCUT2D eigenvalue weighted by Gasteiger charge is -2.18. The predicted octanol–water partition coefficient (Wildman–Crippen LogP) is 3.58. The number of hydrogen-bond donors (Lipinski definition) is 2. The van der Waals surface area contributed by atoms with Gasteiger partial charge in [0.25, 0.3) is 0 Å². The van der Waals surface area contributed by atoms with Crippen molar-refractivity contribution in [3.05, 3.63) is 35.4 Å². The Bertz CT molecular complexity index is 566. The Morgan fingerprint density at radius 2 is 1.88 bits per heavy atom. The Morgan fingerprint density at radius 1 is 1.20 bits per heavy atom. The number of rotatable bonds is 8. The van der Waals surface area contributed by atoms with Crippen LogP contribution in [0.4, 0.5) is 13.2 Å². The minimum absolute atomic E-state index is 0.293. The van der Waals surface area contributed by atoms with Crippen LogP contribution in [0.1, 0.15) is 37.3 Å². The summed E-state index contributed by atoms with van der Waals surface area (Å²) >= 11 is 0. The third-order valence-electron chi connectivity index (χ3n) is 4.53. The number of aliphatic imine (C=N–C) groups is 1. The molecule has 1 saturated carbocycles. The zero-order valence-corrected chi connectivity index (χ0v) is 14.7. The zero-order chi connectivity index (χ0) is 18.3. The summed E-state index contributed by atoms with van der Waals surface area (Å²) in [7, 11) is 1.68. The molecule has 0 amide bonds. The SMILES string of the molecule is CCOCCC1(CNC(=NC)NCc2ccc(C(F)(F)F)cc2)CC1. The van der Waals surface area contributed by atoms with Crippen molar-refractivity contribution in [3.63, 3.8) is 0 Å². The first-order chi connectivity index (χ1) is 11.9. The fourth-order valence-electron chi connectivity index (χ4n) is 2.61. The number of guanidine groups is 1. The van der Waals surface area contributed by atoms with Gasteiger partial charge in [0.15, 0.2) is 5.96 Å². The van der Waals surface area contributed by atoms with Gasteiger partial charge in [-0.2, -0.15) is 13.2 Å². The topological polar surface area (TPSA) is 45.6 Å². The average molecular weight is 357 g/mol. The van der Waals surface area contributed by atoms with Crippen LogP contribution in [0.3, 0.4) is 0 Å². The van der Waals surface area contributed by atoms with E-state index in [1.165, 1.54) is 25.0 Å². The van der Waals surface area contributed by atoms with Gasteiger partial charge in [-0.3, -0.25) is 4.99 Å². The smallest absolute Gasteiger partial charge is 0.382 e. The van der Waals surface area contributed by atoms with E-state index in [4.69, 9.17) is 4.74 Å². The summed E-state index contributed by atoms with van der Waals surface area (Å²) in [5, 5.41) is 6.45. The third-order valence-corrected chi connectivity index (χ3v) is 4.53. The van der Waals surface area contributed by atoms with Crippen LogP contribution in [0.2, 0.25) is 0 Å². The molecule has 0 heterocycles. The molecule has 0 radical (unpaired) electrons. The van der Waals surface area contributed by atoms with E-state index in [1.54, 1.807) is 7.05 Å². The van der Waals surface area contributed by atoms with Crippen LogP contribution in [0.25, 0.3) is 0 Å². The highest BCUT2D eigenvalue weighted by Crippen LogP contribution is 2.48. The van der Waals surface area contributed by atoms with Crippen molar-refractivity contribution in [2.45, 2.75) is 38.9 Å². The summed E-state index contributed by atoms with van der Waals surface area (Å²) in [5.74, 6) is 0.655. The first-order valence-corrected chi connectivity index (χ1v) is 8.57. The van der Waals surface area contributed by atoms with E-state index in [2.05, 4.69) is 15.6 Å². The molecule has 4 nitrogen and oxygen atoms in total. The molecular weight excluding hydrogens is 331 g/mol. The maximum atomic E-state index is 12.6. The van der Waals surface area contributed by atoms with Gasteiger partial charge in [-0.05, 0) is 49.3 Å². The third kappa shape index (κ3) is 6.23. The van der Waals surface area contributed by atoms with Gasteiger partial charge in [0.1, 0.15) is 0 Å². The average Bonchev–Trinajstić information content (AvgIpc) is 3.35. The molecule has 1 aromatic rings. The number of alkyl halides is 3. The van der Waals surface area contributed by atoms with Crippen LogP contribution in [-0.2, 0) is 17.5 Å². The lowest BCUT2D eigenvalue weighted by Crippen LogP contribution is -2.40. The van der Waals surface area contributed by atoms with Gasteiger partial charge in [0.05, 0.1) is 5.56 Å². The summed E-state index contributed by atoms with van der Waals surface area (Å²) < 4.78 is 43.1. The second-order valence-electron chi connectivity index (χ2n) is 6.42. The summed E-state index contributed by atoms with van der Waals surface area (Å²) in [5.41, 5.74) is 0.429. The molecule has 0 aromatic heterocycles. The number of nitrogens with zero attached hydrogens (tertiary/aromatic N) is 1. The lowest BCUT2D eigenvalue weighted by molar-refractivity contribution is -0.137. The van der Waals surface area contributed by atoms with Crippen LogP contribution in [0.15, 0.2) is 29.3 Å². The van der Waals surface area contributed by atoms with Gasteiger partial charge in [-0.1, -0.05) is 12.1 Å². The standard InChI is InChI=1S/C18H26F3N3O/c1-3-25-11-10-17(8-9-17)13-24-16(22-2)23-12-14-4-6-15(7-5-14)18(19,20)21/h4-7H,3,8-13H2,1-2H3,(H2,22,23,24). The molecule has 0 unspecified atom stereocenters. The highest BCUT2D eigenvalue weighted by molar-refractivity contribution is 5.79. The Hall–Kier alpha value is -1.76. The molecule has 0 spiro atoms. The Balaban J connectivity index is 1.77. The summed E-state index contributed by atoms with van der Waals surface area (Å²) in [4.78, 5) is 4.17. The molecule has 0 saturated heterocycles. The Morgan fingerprint density at radius 3 is 2.40 bits per heavy atom. The number of hydrogen-bond acceptors (Lipinski definition) is 2. The van der Waals surface area contributed by atoms with E-state index < -0.39 is 11.7 Å². The maximum Gasteiger partial charge on any atom is 0.416 e. The molecule has 2 N–H and O–H groups in total. The van der Waals surface area contributed by atoms with E-state index in [1.807, 2.05) is 6.92 Å². The van der Waals surface area contributed by atoms with Gasteiger partial charge >= 0.3 is 6.18 Å². The molecule has 1 aliphatic carbocycles. The summed E-state index contributed by atoms with van der Waals surface area (Å²) in [6.07, 6.45) is -0.903. The van der Waals surface area contributed by atoms with Crippen molar-refractivity contribution < 1.29 is 17.9 Å². The van der Waals surface area contributed by atoms with E-state index in [0.717, 1.165) is 43.9 Å². The molecule has 140 valence electrons. The minimum atomic E-state index is -4.30. The molecule has 1 aliphatic rings. The number of halogens is 3. The van der Waals surface area contributed by atoms with Gasteiger partial charge in [0, 0.05) is 33.4 Å². The van der Waals surface area contributed by atoms with E-state index >= 15 is 0 Å². The van der Waals surface area contributed by atoms with Gasteiger partial charge < -0.3 is 15.4 Å². The molecule has 1 aromatic carbocycles. The van der Waals surface area contributed by atoms with Crippen molar-refractivity contribution in [2.75, 3.05) is 26.8 Å². The number of nitrogens with one attached hydrogen (secondary N) is 2. The molecule has 2 rings (SSSR count). The molecule has 0 bridgehead atoms. The van der Waals surface area contributed by atoms with Crippen molar-refractivity contribution in [1.82, 2.24) is 10.6 Å². The van der Waals surface area contributed by atoms with Gasteiger partial charge in [0.2, 0.25) is 0 Å². The normalized spacial score (nSPS) is 16.6. The molecule has 25 heavy (non-hydrogen) atoms. The second kappa shape index (κ2) is 8.56. The fourth-order valence-corrected chi connectivity index (χ4v) is 2.61. The van der Waals surface area contributed by atoms with Gasteiger partial charge in [-0.25, -0.2) is 0 Å². The molecular formula is C18H26F3N3O. The number of ether oxygens (including phenoxy) is 1. The van der Waals surface area contributed by atoms with E-state index in [0.29, 0.717) is 17.9 Å². The molecule has 0 atom stereocenters. The van der Waals surface area contributed by atoms with Gasteiger partial charge in [-0.15, -0.1) is 0 Å². The second-order valence-corrected chi connectivity index (χ2v) is 6.42. The fraction of sp³-hybridized carbons (Fsp3) is 0.611. The number of benzene rings is 1. The Kier molecular flexibility index (Phi) is 6.70. The Labute approximate surface area is 146 Å². The summed E-state index contributed by atoms with van der Waals surface area (Å²) in [6, 6.07) is 5.15. The highest BCUT2D eigenvalue weighted by atomic mass is 19.4. The van der Waals surface area contributed by atoms with Crippen LogP contribution in [-0.4, -0.2) is 32.8 Å². The van der Waals surface area contributed by atoms with Crippen molar-refractivity contribution >= 4 is 5.96 Å². The lowest BCUT2D eigenvalue weighted by atomic mass is 10.0. The zero-order valence-electron chi connectivity index (χ0n) is 14.7. The predicted molar refractivity (Wildman–Crippen MR) is 92.4 cm³/mol. The largest absolute Gasteiger partial charge is 0.416 e. The molecule has 7 heteroatoms. The first-order valence-electron chi connectivity index (χ1n) is 8.57. The highest BCUT2D eigenvalue weighted by Gasteiger charge is 2.41.